The molecule has 0 saturated carbocycles. The van der Waals surface area contributed by atoms with Gasteiger partial charge in [-0.3, -0.25) is 0 Å². The maximum absolute atomic E-state index is 12.3. The van der Waals surface area contributed by atoms with E-state index in [9.17, 15) is 8.42 Å². The second-order valence-electron chi connectivity index (χ2n) is 5.37. The number of unbranched alkanes of at least 4 members (excludes halogenated alkanes) is 1. The van der Waals surface area contributed by atoms with Gasteiger partial charge in [-0.15, -0.1) is 0 Å². The molecule has 0 spiro atoms. The quantitative estimate of drug-likeness (QED) is 0.591. The van der Waals surface area contributed by atoms with E-state index in [-0.39, 0.29) is 4.90 Å². The van der Waals surface area contributed by atoms with Gasteiger partial charge < -0.3 is 10.6 Å². The lowest BCUT2D eigenvalue weighted by Gasteiger charge is -2.13. The van der Waals surface area contributed by atoms with E-state index >= 15 is 0 Å². The first kappa shape index (κ1) is 16.9. The van der Waals surface area contributed by atoms with E-state index in [1.54, 1.807) is 13.0 Å². The molecule has 0 aromatic heterocycles. The highest BCUT2D eigenvalue weighted by Crippen LogP contribution is 2.22. The van der Waals surface area contributed by atoms with E-state index < -0.39 is 10.0 Å². The summed E-state index contributed by atoms with van der Waals surface area (Å²) in [5.41, 5.74) is 7.85. The number of rotatable bonds is 7. The summed E-state index contributed by atoms with van der Waals surface area (Å²) in [6.07, 6.45) is 1.78. The summed E-state index contributed by atoms with van der Waals surface area (Å²) < 4.78 is 27.2. The van der Waals surface area contributed by atoms with Crippen molar-refractivity contribution in [2.45, 2.75) is 31.6 Å². The zero-order chi connectivity index (χ0) is 15.3. The molecule has 0 amide bonds. The van der Waals surface area contributed by atoms with Crippen LogP contribution in [0, 0.1) is 13.8 Å². The average molecular weight is 299 g/mol. The predicted molar refractivity (Wildman–Crippen MR) is 83.3 cm³/mol. The second kappa shape index (κ2) is 7.06. The standard InChI is InChI=1S/C14H25N3O2S/c1-11-9-13(15)10-14(12(11)2)20(18,19)16-7-5-6-8-17(3)4/h9-10,16H,5-8,15H2,1-4H3. The maximum Gasteiger partial charge on any atom is 0.240 e. The highest BCUT2D eigenvalue weighted by Gasteiger charge is 2.17. The molecule has 3 N–H and O–H groups in total. The van der Waals surface area contributed by atoms with Crippen LogP contribution >= 0.6 is 0 Å². The normalized spacial score (nSPS) is 12.1. The van der Waals surface area contributed by atoms with Crippen LogP contribution in [0.4, 0.5) is 5.69 Å². The van der Waals surface area contributed by atoms with Crippen molar-refractivity contribution in [3.8, 4) is 0 Å². The highest BCUT2D eigenvalue weighted by molar-refractivity contribution is 7.89. The smallest absolute Gasteiger partial charge is 0.240 e. The van der Waals surface area contributed by atoms with Gasteiger partial charge in [0.15, 0.2) is 0 Å². The van der Waals surface area contributed by atoms with Crippen LogP contribution in [-0.2, 0) is 10.0 Å². The molecular formula is C14H25N3O2S. The molecule has 0 unspecified atom stereocenters. The molecule has 5 nitrogen and oxygen atoms in total. The molecule has 0 radical (unpaired) electrons. The van der Waals surface area contributed by atoms with E-state index in [0.717, 1.165) is 30.5 Å². The van der Waals surface area contributed by atoms with E-state index in [1.807, 2.05) is 21.0 Å². The molecule has 1 aromatic rings. The molecule has 1 rings (SSSR count). The average Bonchev–Trinajstić information content (AvgIpc) is 2.32. The van der Waals surface area contributed by atoms with Crippen LogP contribution in [0.2, 0.25) is 0 Å². The Morgan fingerprint density at radius 1 is 1.20 bits per heavy atom. The zero-order valence-corrected chi connectivity index (χ0v) is 13.5. The third-order valence-corrected chi connectivity index (χ3v) is 4.84. The Hall–Kier alpha value is -1.11. The van der Waals surface area contributed by atoms with Gasteiger partial charge in [-0.05, 0) is 70.6 Å². The molecule has 0 heterocycles. The molecule has 0 aliphatic rings. The van der Waals surface area contributed by atoms with E-state index in [2.05, 4.69) is 9.62 Å². The van der Waals surface area contributed by atoms with Crippen molar-refractivity contribution >= 4 is 15.7 Å². The highest BCUT2D eigenvalue weighted by atomic mass is 32.2. The number of sulfonamides is 1. The Kier molecular flexibility index (Phi) is 5.98. The Morgan fingerprint density at radius 2 is 1.85 bits per heavy atom. The molecule has 0 fully saturated rings. The van der Waals surface area contributed by atoms with Crippen molar-refractivity contribution < 1.29 is 8.42 Å². The fraction of sp³-hybridized carbons (Fsp3) is 0.571. The number of nitrogens with zero attached hydrogens (tertiary/aromatic N) is 1. The van der Waals surface area contributed by atoms with Crippen molar-refractivity contribution in [2.24, 2.45) is 0 Å². The molecule has 20 heavy (non-hydrogen) atoms. The fourth-order valence-electron chi connectivity index (χ4n) is 1.97. The lowest BCUT2D eigenvalue weighted by atomic mass is 10.1. The van der Waals surface area contributed by atoms with Gasteiger partial charge >= 0.3 is 0 Å². The van der Waals surface area contributed by atoms with Gasteiger partial charge in [-0.2, -0.15) is 0 Å². The van der Waals surface area contributed by atoms with Crippen molar-refractivity contribution in [2.75, 3.05) is 32.9 Å². The zero-order valence-electron chi connectivity index (χ0n) is 12.7. The second-order valence-corrected chi connectivity index (χ2v) is 7.10. The molecule has 0 atom stereocenters. The summed E-state index contributed by atoms with van der Waals surface area (Å²) in [6.45, 7) is 5.07. The summed E-state index contributed by atoms with van der Waals surface area (Å²) in [5.74, 6) is 0. The third kappa shape index (κ3) is 4.77. The van der Waals surface area contributed by atoms with Crippen LogP contribution in [0.25, 0.3) is 0 Å². The van der Waals surface area contributed by atoms with Gasteiger partial charge in [0.1, 0.15) is 0 Å². The van der Waals surface area contributed by atoms with E-state index in [1.165, 1.54) is 6.07 Å². The van der Waals surface area contributed by atoms with Crippen molar-refractivity contribution in [1.82, 2.24) is 9.62 Å². The number of nitrogen functional groups attached to an aromatic ring is 1. The SMILES string of the molecule is Cc1cc(N)cc(S(=O)(=O)NCCCCN(C)C)c1C. The predicted octanol–water partition coefficient (Wildman–Crippen LogP) is 1.51. The Labute approximate surface area is 122 Å². The fourth-order valence-corrected chi connectivity index (χ4v) is 3.39. The summed E-state index contributed by atoms with van der Waals surface area (Å²) in [5, 5.41) is 0. The minimum Gasteiger partial charge on any atom is -0.399 e. The Morgan fingerprint density at radius 3 is 2.45 bits per heavy atom. The van der Waals surface area contributed by atoms with Crippen molar-refractivity contribution in [1.29, 1.82) is 0 Å². The van der Waals surface area contributed by atoms with Crippen LogP contribution in [-0.4, -0.2) is 40.5 Å². The first-order valence-corrected chi connectivity index (χ1v) is 8.23. The van der Waals surface area contributed by atoms with Gasteiger partial charge in [0.05, 0.1) is 4.90 Å². The third-order valence-electron chi connectivity index (χ3n) is 3.26. The number of hydrogen-bond donors (Lipinski definition) is 2. The maximum atomic E-state index is 12.3. The summed E-state index contributed by atoms with van der Waals surface area (Å²) in [7, 11) is 0.526. The number of benzene rings is 1. The Balaban J connectivity index is 2.70. The lowest BCUT2D eigenvalue weighted by Crippen LogP contribution is -2.26. The van der Waals surface area contributed by atoms with Crippen molar-refractivity contribution in [3.05, 3.63) is 23.3 Å². The molecule has 0 bridgehead atoms. The van der Waals surface area contributed by atoms with Gasteiger partial charge in [0.25, 0.3) is 0 Å². The molecule has 0 aliphatic heterocycles. The van der Waals surface area contributed by atoms with Gasteiger partial charge in [-0.25, -0.2) is 13.1 Å². The van der Waals surface area contributed by atoms with Crippen LogP contribution in [0.1, 0.15) is 24.0 Å². The molecule has 1 aromatic carbocycles. The van der Waals surface area contributed by atoms with Crippen molar-refractivity contribution in [3.63, 3.8) is 0 Å². The Bertz CT molecular complexity index is 554. The van der Waals surface area contributed by atoms with Gasteiger partial charge in [0, 0.05) is 12.2 Å². The van der Waals surface area contributed by atoms with Crippen LogP contribution in [0.15, 0.2) is 17.0 Å². The summed E-state index contributed by atoms with van der Waals surface area (Å²) >= 11 is 0. The van der Waals surface area contributed by atoms with E-state index in [0.29, 0.717) is 12.2 Å². The number of anilines is 1. The van der Waals surface area contributed by atoms with Gasteiger partial charge in [-0.1, -0.05) is 0 Å². The summed E-state index contributed by atoms with van der Waals surface area (Å²) in [4.78, 5) is 2.36. The van der Waals surface area contributed by atoms with Crippen LogP contribution < -0.4 is 10.5 Å². The molecule has 6 heteroatoms. The minimum absolute atomic E-state index is 0.280. The largest absolute Gasteiger partial charge is 0.399 e. The lowest BCUT2D eigenvalue weighted by molar-refractivity contribution is 0.394. The number of nitrogens with two attached hydrogens (primary N) is 1. The molecule has 114 valence electrons. The topological polar surface area (TPSA) is 75.4 Å². The first-order chi connectivity index (χ1) is 9.24. The molecular weight excluding hydrogens is 274 g/mol. The number of aryl methyl sites for hydroxylation is 1. The first-order valence-electron chi connectivity index (χ1n) is 6.75. The van der Waals surface area contributed by atoms with Gasteiger partial charge in [0.2, 0.25) is 10.0 Å². The number of hydrogen-bond acceptors (Lipinski definition) is 4. The number of nitrogens with one attached hydrogen (secondary N) is 1. The van der Waals surface area contributed by atoms with Crippen LogP contribution in [0.3, 0.4) is 0 Å². The minimum atomic E-state index is -3.48. The monoisotopic (exact) mass is 299 g/mol. The molecule has 0 saturated heterocycles. The van der Waals surface area contributed by atoms with E-state index in [4.69, 9.17) is 5.73 Å². The summed E-state index contributed by atoms with van der Waals surface area (Å²) in [6, 6.07) is 3.30. The van der Waals surface area contributed by atoms with Crippen LogP contribution in [0.5, 0.6) is 0 Å². The molecule has 0 aliphatic carbocycles.